The van der Waals surface area contributed by atoms with Gasteiger partial charge in [0.15, 0.2) is 0 Å². The largest absolute Gasteiger partial charge is 0.493 e. The van der Waals surface area contributed by atoms with Crippen LogP contribution in [0.3, 0.4) is 0 Å². The Morgan fingerprint density at radius 3 is 2.56 bits per heavy atom. The fourth-order valence-corrected chi connectivity index (χ4v) is 4.74. The quantitative estimate of drug-likeness (QED) is 0.307. The second-order valence-corrected chi connectivity index (χ2v) is 8.98. The van der Waals surface area contributed by atoms with Crippen molar-refractivity contribution in [3.8, 4) is 17.2 Å². The first-order valence-electron chi connectivity index (χ1n) is 12.3. The maximum Gasteiger partial charge on any atom is 0.327 e. The highest BCUT2D eigenvalue weighted by molar-refractivity contribution is 5.78. The van der Waals surface area contributed by atoms with Crippen LogP contribution >= 0.6 is 0 Å². The predicted octanol–water partition coefficient (Wildman–Crippen LogP) is 5.54. The van der Waals surface area contributed by atoms with Crippen molar-refractivity contribution in [2.45, 2.75) is 32.4 Å². The smallest absolute Gasteiger partial charge is 0.327 e. The molecule has 2 heterocycles. The van der Waals surface area contributed by atoms with Gasteiger partial charge in [-0.25, -0.2) is 9.78 Å². The van der Waals surface area contributed by atoms with Gasteiger partial charge in [0.25, 0.3) is 0 Å². The van der Waals surface area contributed by atoms with Crippen molar-refractivity contribution in [3.05, 3.63) is 107 Å². The van der Waals surface area contributed by atoms with Gasteiger partial charge in [-0.1, -0.05) is 54.6 Å². The Balaban J connectivity index is 1.30. The van der Waals surface area contributed by atoms with E-state index in [1.54, 1.807) is 0 Å². The third kappa shape index (κ3) is 5.19. The Bertz CT molecular complexity index is 1320. The van der Waals surface area contributed by atoms with Gasteiger partial charge in [0.2, 0.25) is 5.89 Å². The molecule has 1 aliphatic heterocycles. The van der Waals surface area contributed by atoms with E-state index in [4.69, 9.17) is 13.9 Å². The zero-order valence-electron chi connectivity index (χ0n) is 20.6. The first-order valence-corrected chi connectivity index (χ1v) is 12.3. The molecule has 0 saturated heterocycles. The van der Waals surface area contributed by atoms with E-state index in [9.17, 15) is 4.79 Å². The number of fused-ring (bicyclic) bond motifs is 1. The summed E-state index contributed by atoms with van der Waals surface area (Å²) < 4.78 is 17.2. The number of ether oxygens (including phenoxy) is 2. The minimum atomic E-state index is -0.464. The van der Waals surface area contributed by atoms with Gasteiger partial charge in [-0.2, -0.15) is 0 Å². The lowest BCUT2D eigenvalue weighted by Gasteiger charge is -2.35. The third-order valence-corrected chi connectivity index (χ3v) is 6.62. The Morgan fingerprint density at radius 2 is 1.81 bits per heavy atom. The van der Waals surface area contributed by atoms with E-state index >= 15 is 0 Å². The second-order valence-electron chi connectivity index (χ2n) is 8.98. The molecule has 0 amide bonds. The minimum Gasteiger partial charge on any atom is -0.493 e. The van der Waals surface area contributed by atoms with Crippen molar-refractivity contribution < 1.29 is 18.7 Å². The van der Waals surface area contributed by atoms with E-state index in [0.717, 1.165) is 46.9 Å². The fourth-order valence-electron chi connectivity index (χ4n) is 4.74. The van der Waals surface area contributed by atoms with Crippen LogP contribution in [0.5, 0.6) is 5.75 Å². The van der Waals surface area contributed by atoms with Crippen LogP contribution in [0.2, 0.25) is 0 Å². The third-order valence-electron chi connectivity index (χ3n) is 6.62. The van der Waals surface area contributed by atoms with Gasteiger partial charge in [-0.3, -0.25) is 4.90 Å². The molecule has 0 N–H and O–H groups in total. The molecule has 1 unspecified atom stereocenters. The summed E-state index contributed by atoms with van der Waals surface area (Å²) in [4.78, 5) is 19.7. The Hall–Kier alpha value is -3.90. The Labute approximate surface area is 211 Å². The van der Waals surface area contributed by atoms with Crippen LogP contribution in [0.15, 0.2) is 83.3 Å². The van der Waals surface area contributed by atoms with Crippen molar-refractivity contribution in [1.29, 1.82) is 0 Å². The molecule has 6 heteroatoms. The summed E-state index contributed by atoms with van der Waals surface area (Å²) in [5.41, 5.74) is 5.11. The van der Waals surface area contributed by atoms with Crippen LogP contribution in [0.1, 0.15) is 34.2 Å². The van der Waals surface area contributed by atoms with Crippen molar-refractivity contribution in [2.24, 2.45) is 0 Å². The standard InChI is InChI=1S/C30H30N2O4/c1-21-27(31-29(36-21)24-11-7-4-8-12-24)16-18-35-25-14-13-23-15-17-32(20-22-9-5-3-6-10-22)28(26(23)19-25)30(33)34-2/h3-14,19,28H,15-18,20H2,1-2H3. The molecule has 0 spiro atoms. The highest BCUT2D eigenvalue weighted by atomic mass is 16.5. The molecular formula is C30H30N2O4. The van der Waals surface area contributed by atoms with Crippen LogP contribution < -0.4 is 4.74 Å². The van der Waals surface area contributed by atoms with Gasteiger partial charge in [-0.05, 0) is 54.3 Å². The number of carbonyl (C=O) groups excluding carboxylic acids is 1. The summed E-state index contributed by atoms with van der Waals surface area (Å²) in [6, 6.07) is 25.6. The molecule has 0 saturated carbocycles. The molecule has 6 nitrogen and oxygen atoms in total. The maximum atomic E-state index is 12.9. The normalized spacial score (nSPS) is 15.3. The molecule has 1 aromatic heterocycles. The molecule has 1 aliphatic rings. The van der Waals surface area contributed by atoms with E-state index in [2.05, 4.69) is 28.1 Å². The number of rotatable bonds is 8. The zero-order chi connectivity index (χ0) is 24.9. The van der Waals surface area contributed by atoms with Gasteiger partial charge in [-0.15, -0.1) is 0 Å². The first kappa shape index (κ1) is 23.8. The zero-order valence-corrected chi connectivity index (χ0v) is 20.6. The molecule has 4 aromatic rings. The molecule has 0 bridgehead atoms. The van der Waals surface area contributed by atoms with E-state index in [1.165, 1.54) is 12.7 Å². The number of oxazole rings is 1. The topological polar surface area (TPSA) is 64.8 Å². The van der Waals surface area contributed by atoms with E-state index in [1.807, 2.05) is 67.6 Å². The maximum absolute atomic E-state index is 12.9. The number of nitrogens with zero attached hydrogens (tertiary/aromatic N) is 2. The molecule has 5 rings (SSSR count). The summed E-state index contributed by atoms with van der Waals surface area (Å²) in [5, 5.41) is 0. The fraction of sp³-hybridized carbons (Fsp3) is 0.267. The van der Waals surface area contributed by atoms with Crippen LogP contribution in [0.25, 0.3) is 11.5 Å². The van der Waals surface area contributed by atoms with Gasteiger partial charge in [0.1, 0.15) is 17.6 Å². The summed E-state index contributed by atoms with van der Waals surface area (Å²) in [6.07, 6.45) is 1.50. The number of carbonyl (C=O) groups is 1. The lowest BCUT2D eigenvalue weighted by atomic mass is 9.91. The van der Waals surface area contributed by atoms with Gasteiger partial charge in [0, 0.05) is 25.1 Å². The number of aryl methyl sites for hydroxylation is 1. The van der Waals surface area contributed by atoms with Crippen molar-refractivity contribution in [3.63, 3.8) is 0 Å². The Kier molecular flexibility index (Phi) is 7.14. The minimum absolute atomic E-state index is 0.254. The number of esters is 1. The van der Waals surface area contributed by atoms with Crippen LogP contribution in [-0.2, 0) is 28.9 Å². The molecule has 0 aliphatic carbocycles. The molecule has 3 aromatic carbocycles. The van der Waals surface area contributed by atoms with E-state index in [0.29, 0.717) is 25.5 Å². The lowest BCUT2D eigenvalue weighted by Crippen LogP contribution is -2.39. The molecule has 0 radical (unpaired) electrons. The number of hydrogen-bond acceptors (Lipinski definition) is 6. The first-order chi connectivity index (χ1) is 17.6. The van der Waals surface area contributed by atoms with Gasteiger partial charge in [0.05, 0.1) is 19.4 Å². The van der Waals surface area contributed by atoms with Gasteiger partial charge >= 0.3 is 5.97 Å². The van der Waals surface area contributed by atoms with Crippen molar-refractivity contribution in [2.75, 3.05) is 20.3 Å². The molecule has 0 fully saturated rings. The summed E-state index contributed by atoms with van der Waals surface area (Å²) in [6.45, 7) is 3.85. The van der Waals surface area contributed by atoms with Crippen LogP contribution in [-0.4, -0.2) is 36.1 Å². The average molecular weight is 483 g/mol. The van der Waals surface area contributed by atoms with Crippen molar-refractivity contribution in [1.82, 2.24) is 9.88 Å². The molecular weight excluding hydrogens is 452 g/mol. The highest BCUT2D eigenvalue weighted by Gasteiger charge is 2.34. The number of benzene rings is 3. The number of hydrogen-bond donors (Lipinski definition) is 0. The predicted molar refractivity (Wildman–Crippen MR) is 138 cm³/mol. The average Bonchev–Trinajstić information content (AvgIpc) is 3.29. The summed E-state index contributed by atoms with van der Waals surface area (Å²) in [5.74, 6) is 1.89. The summed E-state index contributed by atoms with van der Waals surface area (Å²) >= 11 is 0. The number of methoxy groups -OCH3 is 1. The molecule has 184 valence electrons. The second kappa shape index (κ2) is 10.8. The van der Waals surface area contributed by atoms with Crippen molar-refractivity contribution >= 4 is 5.97 Å². The molecule has 36 heavy (non-hydrogen) atoms. The van der Waals surface area contributed by atoms with Crippen LogP contribution in [0, 0.1) is 6.92 Å². The Morgan fingerprint density at radius 1 is 1.06 bits per heavy atom. The summed E-state index contributed by atoms with van der Waals surface area (Å²) in [7, 11) is 1.45. The monoisotopic (exact) mass is 482 g/mol. The van der Waals surface area contributed by atoms with E-state index < -0.39 is 6.04 Å². The SMILES string of the molecule is COC(=O)C1c2cc(OCCc3nc(-c4ccccc4)oc3C)ccc2CCN1Cc1ccccc1. The van der Waals surface area contributed by atoms with E-state index in [-0.39, 0.29) is 5.97 Å². The van der Waals surface area contributed by atoms with Crippen LogP contribution in [0.4, 0.5) is 0 Å². The highest BCUT2D eigenvalue weighted by Crippen LogP contribution is 2.34. The van der Waals surface area contributed by atoms with Gasteiger partial charge < -0.3 is 13.9 Å². The lowest BCUT2D eigenvalue weighted by molar-refractivity contribution is -0.148. The number of aromatic nitrogens is 1. The molecule has 1 atom stereocenters.